The molecule has 0 aliphatic carbocycles. The largest absolute Gasteiger partial charge is 0.355 e. The van der Waals surface area contributed by atoms with Gasteiger partial charge in [-0.15, -0.1) is 0 Å². The van der Waals surface area contributed by atoms with Crippen molar-refractivity contribution in [3.8, 4) is 6.07 Å². The van der Waals surface area contributed by atoms with Crippen LogP contribution in [0.15, 0.2) is 0 Å². The third kappa shape index (κ3) is 9.83. The van der Waals surface area contributed by atoms with E-state index in [0.717, 1.165) is 19.5 Å². The lowest BCUT2D eigenvalue weighted by Gasteiger charge is -2.23. The van der Waals surface area contributed by atoms with E-state index in [1.54, 1.807) is 0 Å². The molecule has 0 atom stereocenters. The highest BCUT2D eigenvalue weighted by atomic mass is 16.1. The van der Waals surface area contributed by atoms with Crippen LogP contribution in [0.25, 0.3) is 0 Å². The van der Waals surface area contributed by atoms with Crippen molar-refractivity contribution < 1.29 is 4.79 Å². The zero-order chi connectivity index (χ0) is 13.3. The van der Waals surface area contributed by atoms with Gasteiger partial charge in [0.1, 0.15) is 0 Å². The van der Waals surface area contributed by atoms with Gasteiger partial charge in [0.25, 0.3) is 0 Å². The molecule has 0 bridgehead atoms. The molecule has 0 aliphatic heterocycles. The molecule has 0 radical (unpaired) electrons. The van der Waals surface area contributed by atoms with Crippen LogP contribution in [0.3, 0.4) is 0 Å². The minimum absolute atomic E-state index is 0.0368. The number of hydrogen-bond donors (Lipinski definition) is 2. The fourth-order valence-electron chi connectivity index (χ4n) is 1.38. The van der Waals surface area contributed by atoms with Gasteiger partial charge in [0.2, 0.25) is 5.91 Å². The molecule has 0 aromatic heterocycles. The fraction of sp³-hybridized carbons (Fsp3) is 0.846. The maximum Gasteiger partial charge on any atom is 0.233 e. The van der Waals surface area contributed by atoms with Crippen LogP contribution in [0.2, 0.25) is 0 Å². The minimum Gasteiger partial charge on any atom is -0.355 e. The lowest BCUT2D eigenvalue weighted by Crippen LogP contribution is -2.39. The third-order valence-electron chi connectivity index (χ3n) is 2.51. The van der Waals surface area contributed by atoms with E-state index in [-0.39, 0.29) is 11.3 Å². The van der Waals surface area contributed by atoms with Crippen molar-refractivity contribution in [2.45, 2.75) is 40.5 Å². The van der Waals surface area contributed by atoms with Gasteiger partial charge < -0.3 is 10.6 Å². The van der Waals surface area contributed by atoms with Gasteiger partial charge >= 0.3 is 0 Å². The van der Waals surface area contributed by atoms with Crippen molar-refractivity contribution in [3.05, 3.63) is 0 Å². The summed E-state index contributed by atoms with van der Waals surface area (Å²) in [6.07, 6.45) is 1.42. The van der Waals surface area contributed by atoms with Gasteiger partial charge in [-0.2, -0.15) is 5.26 Å². The molecule has 17 heavy (non-hydrogen) atoms. The summed E-state index contributed by atoms with van der Waals surface area (Å²) in [5.74, 6) is 0.515. The number of rotatable bonds is 8. The number of nitrogens with zero attached hydrogens (tertiary/aromatic N) is 1. The average Bonchev–Trinajstić information content (AvgIpc) is 2.23. The fourth-order valence-corrected chi connectivity index (χ4v) is 1.38. The lowest BCUT2D eigenvalue weighted by molar-refractivity contribution is -0.120. The molecule has 0 unspecified atom stereocenters. The van der Waals surface area contributed by atoms with Crippen LogP contribution in [0.5, 0.6) is 0 Å². The molecule has 2 N–H and O–H groups in total. The zero-order valence-electron chi connectivity index (χ0n) is 11.5. The molecule has 0 heterocycles. The molecule has 0 fully saturated rings. The Morgan fingerprint density at radius 2 is 2.06 bits per heavy atom. The molecule has 0 aromatic carbocycles. The quantitative estimate of drug-likeness (QED) is 0.677. The maximum absolute atomic E-state index is 11.4. The Hall–Kier alpha value is -1.08. The molecule has 4 nitrogen and oxygen atoms in total. The third-order valence-corrected chi connectivity index (χ3v) is 2.51. The van der Waals surface area contributed by atoms with Gasteiger partial charge in [-0.1, -0.05) is 27.7 Å². The van der Waals surface area contributed by atoms with Crippen molar-refractivity contribution >= 4 is 5.91 Å². The van der Waals surface area contributed by atoms with E-state index in [2.05, 4.69) is 44.4 Å². The molecule has 98 valence electrons. The summed E-state index contributed by atoms with van der Waals surface area (Å²) in [7, 11) is 0. The van der Waals surface area contributed by atoms with Crippen LogP contribution in [0.1, 0.15) is 40.5 Å². The summed E-state index contributed by atoms with van der Waals surface area (Å²) < 4.78 is 0. The van der Waals surface area contributed by atoms with Crippen molar-refractivity contribution in [1.29, 1.82) is 5.26 Å². The Bertz CT molecular complexity index is 266. The van der Waals surface area contributed by atoms with Crippen LogP contribution in [0, 0.1) is 22.7 Å². The normalized spacial score (nSPS) is 11.3. The SMILES string of the molecule is CC(C)CNC(=O)CNCC(C)(C)CCC#N. The molecule has 0 aliphatic rings. The second-order valence-electron chi connectivity index (χ2n) is 5.62. The Morgan fingerprint density at radius 1 is 1.41 bits per heavy atom. The smallest absolute Gasteiger partial charge is 0.233 e. The Labute approximate surface area is 105 Å². The zero-order valence-corrected chi connectivity index (χ0v) is 11.5. The van der Waals surface area contributed by atoms with E-state index >= 15 is 0 Å². The van der Waals surface area contributed by atoms with E-state index in [9.17, 15) is 4.79 Å². The second kappa shape index (κ2) is 8.08. The lowest BCUT2D eigenvalue weighted by atomic mass is 9.88. The van der Waals surface area contributed by atoms with E-state index in [1.165, 1.54) is 0 Å². The molecule has 0 aromatic rings. The van der Waals surface area contributed by atoms with Crippen molar-refractivity contribution in [2.75, 3.05) is 19.6 Å². The van der Waals surface area contributed by atoms with Gasteiger partial charge in [-0.3, -0.25) is 4.79 Å². The number of nitriles is 1. The molecular weight excluding hydrogens is 214 g/mol. The van der Waals surface area contributed by atoms with Crippen LogP contribution < -0.4 is 10.6 Å². The molecule has 4 heteroatoms. The summed E-state index contributed by atoms with van der Waals surface area (Å²) >= 11 is 0. The van der Waals surface area contributed by atoms with E-state index in [4.69, 9.17) is 5.26 Å². The summed E-state index contributed by atoms with van der Waals surface area (Å²) in [5, 5.41) is 14.5. The van der Waals surface area contributed by atoms with Crippen LogP contribution in [-0.4, -0.2) is 25.5 Å². The van der Waals surface area contributed by atoms with Crippen molar-refractivity contribution in [3.63, 3.8) is 0 Å². The highest BCUT2D eigenvalue weighted by Gasteiger charge is 2.17. The predicted octanol–water partition coefficient (Wildman–Crippen LogP) is 1.68. The van der Waals surface area contributed by atoms with Gasteiger partial charge in [0.05, 0.1) is 12.6 Å². The molecule has 0 spiro atoms. The first-order chi connectivity index (χ1) is 7.87. The molecule has 1 amide bonds. The van der Waals surface area contributed by atoms with Gasteiger partial charge in [-0.05, 0) is 17.8 Å². The average molecular weight is 239 g/mol. The first-order valence-corrected chi connectivity index (χ1v) is 6.22. The first-order valence-electron chi connectivity index (χ1n) is 6.22. The van der Waals surface area contributed by atoms with E-state index in [1.807, 2.05) is 0 Å². The van der Waals surface area contributed by atoms with E-state index in [0.29, 0.717) is 18.9 Å². The number of hydrogen-bond acceptors (Lipinski definition) is 3. The predicted molar refractivity (Wildman–Crippen MR) is 69.3 cm³/mol. The number of carbonyl (C=O) groups excluding carboxylic acids is 1. The standard InChI is InChI=1S/C13H25N3O/c1-11(2)8-16-12(17)9-15-10-13(3,4)6-5-7-14/h11,15H,5-6,8-10H2,1-4H3,(H,16,17). The van der Waals surface area contributed by atoms with Gasteiger partial charge in [-0.25, -0.2) is 0 Å². The summed E-state index contributed by atoms with van der Waals surface area (Å²) in [6, 6.07) is 2.15. The molecular formula is C13H25N3O. The monoisotopic (exact) mass is 239 g/mol. The topological polar surface area (TPSA) is 64.9 Å². The van der Waals surface area contributed by atoms with Gasteiger partial charge in [0.15, 0.2) is 0 Å². The first kappa shape index (κ1) is 15.9. The highest BCUT2D eigenvalue weighted by molar-refractivity contribution is 5.77. The number of carbonyl (C=O) groups is 1. The minimum atomic E-state index is 0.0368. The molecule has 0 saturated carbocycles. The van der Waals surface area contributed by atoms with Crippen LogP contribution >= 0.6 is 0 Å². The Morgan fingerprint density at radius 3 is 2.59 bits per heavy atom. The summed E-state index contributed by atoms with van der Waals surface area (Å²) in [5.41, 5.74) is 0.0635. The molecule has 0 rings (SSSR count). The van der Waals surface area contributed by atoms with Crippen LogP contribution in [0.4, 0.5) is 0 Å². The van der Waals surface area contributed by atoms with Crippen molar-refractivity contribution in [1.82, 2.24) is 10.6 Å². The van der Waals surface area contributed by atoms with E-state index < -0.39 is 0 Å². The van der Waals surface area contributed by atoms with Crippen molar-refractivity contribution in [2.24, 2.45) is 11.3 Å². The van der Waals surface area contributed by atoms with Crippen LogP contribution in [-0.2, 0) is 4.79 Å². The highest BCUT2D eigenvalue weighted by Crippen LogP contribution is 2.20. The number of amides is 1. The number of nitrogens with one attached hydrogen (secondary N) is 2. The Kier molecular flexibility index (Phi) is 7.56. The summed E-state index contributed by atoms with van der Waals surface area (Å²) in [6.45, 7) is 10.2. The summed E-state index contributed by atoms with van der Waals surface area (Å²) in [4.78, 5) is 11.4. The van der Waals surface area contributed by atoms with Gasteiger partial charge in [0, 0.05) is 19.5 Å². The molecule has 0 saturated heterocycles. The second-order valence-corrected chi connectivity index (χ2v) is 5.62. The maximum atomic E-state index is 11.4. The Balaban J connectivity index is 3.68.